The fourth-order valence-corrected chi connectivity index (χ4v) is 3.74. The zero-order valence-corrected chi connectivity index (χ0v) is 17.7. The number of halogens is 1. The minimum Gasteiger partial charge on any atom is -0.357 e. The first-order valence-corrected chi connectivity index (χ1v) is 9.36. The summed E-state index contributed by atoms with van der Waals surface area (Å²) in [4.78, 5) is 10.00. The fourth-order valence-electron chi connectivity index (χ4n) is 2.92. The molecular weight excluding hydrogens is 419 g/mol. The van der Waals surface area contributed by atoms with Crippen LogP contribution in [0.1, 0.15) is 42.9 Å². The van der Waals surface area contributed by atoms with Crippen molar-refractivity contribution in [2.45, 2.75) is 52.6 Å². The Morgan fingerprint density at radius 3 is 2.57 bits per heavy atom. The molecule has 1 aromatic heterocycles. The Morgan fingerprint density at radius 2 is 2.00 bits per heavy atom. The Balaban J connectivity index is 0.00000264. The number of nitrogens with zero attached hydrogens (tertiary/aromatic N) is 2. The zero-order valence-electron chi connectivity index (χ0n) is 14.6. The molecule has 1 unspecified atom stereocenters. The maximum Gasteiger partial charge on any atom is 0.191 e. The molecule has 1 aliphatic rings. The molecule has 1 saturated heterocycles. The van der Waals surface area contributed by atoms with Gasteiger partial charge in [-0.2, -0.15) is 0 Å². The third kappa shape index (κ3) is 6.97. The van der Waals surface area contributed by atoms with Crippen LogP contribution in [0.4, 0.5) is 0 Å². The van der Waals surface area contributed by atoms with Gasteiger partial charge in [-0.05, 0) is 58.3 Å². The van der Waals surface area contributed by atoms with Crippen molar-refractivity contribution in [3.63, 3.8) is 0 Å². The van der Waals surface area contributed by atoms with Crippen molar-refractivity contribution in [3.05, 3.63) is 21.9 Å². The average molecular weight is 450 g/mol. The van der Waals surface area contributed by atoms with E-state index in [9.17, 15) is 0 Å². The first-order valence-electron chi connectivity index (χ1n) is 8.54. The van der Waals surface area contributed by atoms with Gasteiger partial charge in [0, 0.05) is 28.9 Å². The van der Waals surface area contributed by atoms with Gasteiger partial charge in [0.1, 0.15) is 0 Å². The molecule has 132 valence electrons. The molecule has 0 amide bonds. The monoisotopic (exact) mass is 450 g/mol. The molecule has 0 aliphatic carbocycles. The average Bonchev–Trinajstić information content (AvgIpc) is 3.17. The number of aryl methyl sites for hydroxylation is 1. The molecule has 0 aromatic carbocycles. The summed E-state index contributed by atoms with van der Waals surface area (Å²) < 4.78 is 0. The van der Waals surface area contributed by atoms with Crippen molar-refractivity contribution in [2.75, 3.05) is 26.2 Å². The molecule has 1 aliphatic heterocycles. The highest BCUT2D eigenvalue weighted by Crippen LogP contribution is 2.16. The van der Waals surface area contributed by atoms with E-state index in [1.807, 2.05) is 11.3 Å². The molecule has 0 spiro atoms. The van der Waals surface area contributed by atoms with E-state index in [-0.39, 0.29) is 24.0 Å². The second kappa shape index (κ2) is 11.3. The molecule has 1 aromatic rings. The molecule has 4 nitrogen and oxygen atoms in total. The number of rotatable bonds is 7. The molecule has 1 fully saturated rings. The predicted octanol–water partition coefficient (Wildman–Crippen LogP) is 3.60. The molecule has 2 N–H and O–H groups in total. The van der Waals surface area contributed by atoms with E-state index in [0.717, 1.165) is 25.6 Å². The van der Waals surface area contributed by atoms with Gasteiger partial charge in [0.25, 0.3) is 0 Å². The number of likely N-dealkylation sites (tertiary alicyclic amines) is 1. The van der Waals surface area contributed by atoms with Gasteiger partial charge in [-0.15, -0.1) is 35.3 Å². The van der Waals surface area contributed by atoms with Crippen molar-refractivity contribution in [2.24, 2.45) is 4.99 Å². The van der Waals surface area contributed by atoms with Gasteiger partial charge >= 0.3 is 0 Å². The SMILES string of the molecule is CCNC(=NCc1ccc(C)s1)NCC(CC)N1CCCC1.I. The van der Waals surface area contributed by atoms with E-state index < -0.39 is 0 Å². The van der Waals surface area contributed by atoms with Crippen molar-refractivity contribution in [3.8, 4) is 0 Å². The Morgan fingerprint density at radius 1 is 1.26 bits per heavy atom. The maximum atomic E-state index is 4.72. The van der Waals surface area contributed by atoms with Crippen LogP contribution in [0.15, 0.2) is 17.1 Å². The third-order valence-electron chi connectivity index (χ3n) is 4.17. The van der Waals surface area contributed by atoms with E-state index in [4.69, 9.17) is 4.99 Å². The van der Waals surface area contributed by atoms with Crippen molar-refractivity contribution in [1.82, 2.24) is 15.5 Å². The van der Waals surface area contributed by atoms with Gasteiger partial charge in [-0.1, -0.05) is 6.92 Å². The fraction of sp³-hybridized carbons (Fsp3) is 0.706. The summed E-state index contributed by atoms with van der Waals surface area (Å²) in [6.07, 6.45) is 3.89. The first kappa shape index (κ1) is 20.7. The van der Waals surface area contributed by atoms with Crippen LogP contribution in [-0.2, 0) is 6.54 Å². The highest BCUT2D eigenvalue weighted by Gasteiger charge is 2.20. The van der Waals surface area contributed by atoms with Crippen molar-refractivity contribution >= 4 is 41.3 Å². The Hall–Kier alpha value is -0.340. The van der Waals surface area contributed by atoms with E-state index >= 15 is 0 Å². The lowest BCUT2D eigenvalue weighted by Gasteiger charge is -2.27. The smallest absolute Gasteiger partial charge is 0.191 e. The van der Waals surface area contributed by atoms with Crippen LogP contribution in [0.3, 0.4) is 0 Å². The van der Waals surface area contributed by atoms with Gasteiger partial charge < -0.3 is 10.6 Å². The standard InChI is InChI=1S/C17H30N4S.HI/c1-4-15(21-10-6-7-11-21)12-19-17(18-5-2)20-13-16-9-8-14(3)22-16;/h8-9,15H,4-7,10-13H2,1-3H3,(H2,18,19,20);1H. The number of aliphatic imine (C=N–C) groups is 1. The maximum absolute atomic E-state index is 4.72. The van der Waals surface area contributed by atoms with Gasteiger partial charge in [0.15, 0.2) is 5.96 Å². The minimum atomic E-state index is 0. The summed E-state index contributed by atoms with van der Waals surface area (Å²) in [5.74, 6) is 0.936. The van der Waals surface area contributed by atoms with Crippen LogP contribution in [0.2, 0.25) is 0 Å². The van der Waals surface area contributed by atoms with Gasteiger partial charge in [-0.25, -0.2) is 4.99 Å². The van der Waals surface area contributed by atoms with Gasteiger partial charge in [-0.3, -0.25) is 4.90 Å². The largest absolute Gasteiger partial charge is 0.357 e. The lowest BCUT2D eigenvalue weighted by Crippen LogP contribution is -2.46. The highest BCUT2D eigenvalue weighted by molar-refractivity contribution is 14.0. The Bertz CT molecular complexity index is 469. The van der Waals surface area contributed by atoms with E-state index in [1.165, 1.54) is 42.1 Å². The minimum absolute atomic E-state index is 0. The molecule has 0 bridgehead atoms. The molecule has 0 saturated carbocycles. The van der Waals surface area contributed by atoms with Crippen LogP contribution in [-0.4, -0.2) is 43.1 Å². The van der Waals surface area contributed by atoms with Crippen molar-refractivity contribution in [1.29, 1.82) is 0 Å². The molecule has 6 heteroatoms. The number of hydrogen-bond acceptors (Lipinski definition) is 3. The number of thiophene rings is 1. The lowest BCUT2D eigenvalue weighted by atomic mass is 10.2. The lowest BCUT2D eigenvalue weighted by molar-refractivity contribution is 0.236. The molecule has 1 atom stereocenters. The second-order valence-corrected chi connectivity index (χ2v) is 7.27. The quantitative estimate of drug-likeness (QED) is 0.379. The topological polar surface area (TPSA) is 39.7 Å². The molecular formula is C17H31IN4S. The van der Waals surface area contributed by atoms with Gasteiger partial charge in [0.05, 0.1) is 6.54 Å². The normalized spacial score (nSPS) is 16.9. The molecule has 2 rings (SSSR count). The summed E-state index contributed by atoms with van der Waals surface area (Å²) in [6.45, 7) is 11.7. The molecule has 23 heavy (non-hydrogen) atoms. The molecule has 0 radical (unpaired) electrons. The van der Waals surface area contributed by atoms with Crippen molar-refractivity contribution < 1.29 is 0 Å². The Kier molecular flexibility index (Phi) is 10.1. The first-order chi connectivity index (χ1) is 10.7. The summed E-state index contributed by atoms with van der Waals surface area (Å²) >= 11 is 1.83. The second-order valence-electron chi connectivity index (χ2n) is 5.89. The predicted molar refractivity (Wildman–Crippen MR) is 112 cm³/mol. The van der Waals surface area contributed by atoms with E-state index in [1.54, 1.807) is 0 Å². The summed E-state index contributed by atoms with van der Waals surface area (Å²) in [7, 11) is 0. The van der Waals surface area contributed by atoms with Crippen LogP contribution in [0, 0.1) is 6.92 Å². The number of hydrogen-bond donors (Lipinski definition) is 2. The molecule has 2 heterocycles. The summed E-state index contributed by atoms with van der Waals surface area (Å²) in [5.41, 5.74) is 0. The summed E-state index contributed by atoms with van der Waals surface area (Å²) in [6, 6.07) is 4.96. The van der Waals surface area contributed by atoms with E-state index in [0.29, 0.717) is 6.04 Å². The van der Waals surface area contributed by atoms with Gasteiger partial charge in [0.2, 0.25) is 0 Å². The van der Waals surface area contributed by atoms with Crippen LogP contribution >= 0.6 is 35.3 Å². The Labute approximate surface area is 162 Å². The highest BCUT2D eigenvalue weighted by atomic mass is 127. The van der Waals surface area contributed by atoms with E-state index in [2.05, 4.69) is 48.4 Å². The third-order valence-corrected chi connectivity index (χ3v) is 5.15. The zero-order chi connectivity index (χ0) is 15.8. The van der Waals surface area contributed by atoms with Crippen LogP contribution < -0.4 is 10.6 Å². The summed E-state index contributed by atoms with van der Waals surface area (Å²) in [5, 5.41) is 6.88. The van der Waals surface area contributed by atoms with Crippen LogP contribution in [0.5, 0.6) is 0 Å². The van der Waals surface area contributed by atoms with Crippen LogP contribution in [0.25, 0.3) is 0 Å². The number of nitrogens with one attached hydrogen (secondary N) is 2. The number of guanidine groups is 1.